The summed E-state index contributed by atoms with van der Waals surface area (Å²) in [5.41, 5.74) is 3.82. The van der Waals surface area contributed by atoms with Crippen molar-refractivity contribution in [2.45, 2.75) is 45.4 Å². The molecule has 2 atom stereocenters. The van der Waals surface area contributed by atoms with Crippen LogP contribution < -0.4 is 10.1 Å². The predicted octanol–water partition coefficient (Wildman–Crippen LogP) is 4.54. The first-order valence-corrected chi connectivity index (χ1v) is 14.3. The number of anilines is 2. The van der Waals surface area contributed by atoms with Gasteiger partial charge in [-0.05, 0) is 44.7 Å². The highest BCUT2D eigenvalue weighted by Crippen LogP contribution is 2.36. The van der Waals surface area contributed by atoms with Gasteiger partial charge in [0.15, 0.2) is 11.5 Å². The van der Waals surface area contributed by atoms with Crippen molar-refractivity contribution < 1.29 is 23.8 Å². The maximum absolute atomic E-state index is 14.5. The monoisotopic (exact) mass is 591 g/mol. The zero-order chi connectivity index (χ0) is 30.1. The minimum atomic E-state index is -0.905. The van der Waals surface area contributed by atoms with Crippen LogP contribution >= 0.6 is 0 Å². The fraction of sp³-hybridized carbons (Fsp3) is 0.448. The van der Waals surface area contributed by atoms with Gasteiger partial charge in [-0.3, -0.25) is 9.47 Å². The Morgan fingerprint density at radius 1 is 1.14 bits per heavy atom. The Morgan fingerprint density at radius 2 is 1.95 bits per heavy atom. The van der Waals surface area contributed by atoms with Crippen LogP contribution in [0.3, 0.4) is 0 Å². The topological polar surface area (TPSA) is 144 Å². The second-order valence-corrected chi connectivity index (χ2v) is 10.8. The number of rotatable bonds is 7. The van der Waals surface area contributed by atoms with Gasteiger partial charge in [-0.2, -0.15) is 0 Å². The van der Waals surface area contributed by atoms with E-state index in [2.05, 4.69) is 22.1 Å². The van der Waals surface area contributed by atoms with Gasteiger partial charge < -0.3 is 24.8 Å². The lowest BCUT2D eigenvalue weighted by Gasteiger charge is -2.37. The molecule has 4 aromatic rings. The van der Waals surface area contributed by atoms with E-state index < -0.39 is 11.9 Å². The number of piperazine rings is 1. The van der Waals surface area contributed by atoms with Gasteiger partial charge in [0.1, 0.15) is 29.1 Å². The fourth-order valence-corrected chi connectivity index (χ4v) is 5.65. The van der Waals surface area contributed by atoms with Crippen LogP contribution in [0.1, 0.15) is 49.8 Å². The summed E-state index contributed by atoms with van der Waals surface area (Å²) in [5, 5.41) is 12.6. The van der Waals surface area contributed by atoms with Crippen molar-refractivity contribution in [3.63, 3.8) is 0 Å². The van der Waals surface area contributed by atoms with E-state index in [-0.39, 0.29) is 18.1 Å². The molecule has 226 valence electrons. The molecule has 2 fully saturated rings. The first kappa shape index (κ1) is 28.7. The average molecular weight is 592 g/mol. The molecule has 0 aliphatic carbocycles. The normalized spacial score (nSPS) is 18.5. The minimum Gasteiger partial charge on any atom is -0.479 e. The summed E-state index contributed by atoms with van der Waals surface area (Å²) < 4.78 is 27.5. The van der Waals surface area contributed by atoms with Crippen molar-refractivity contribution in [3.05, 3.63) is 48.1 Å². The number of hydrogen-bond acceptors (Lipinski definition) is 10. The number of carbonyl (C=O) groups is 1. The first-order chi connectivity index (χ1) is 20.8. The number of aryl methyl sites for hydroxylation is 1. The van der Waals surface area contributed by atoms with E-state index in [1.54, 1.807) is 12.5 Å². The van der Waals surface area contributed by atoms with E-state index in [1.165, 1.54) is 24.3 Å². The molecule has 6 rings (SSSR count). The van der Waals surface area contributed by atoms with Crippen LogP contribution in [0.2, 0.25) is 0 Å². The van der Waals surface area contributed by atoms with Crippen molar-refractivity contribution in [1.29, 1.82) is 0 Å². The summed E-state index contributed by atoms with van der Waals surface area (Å²) in [6.07, 6.45) is 6.89. The number of imidazole rings is 1. The van der Waals surface area contributed by atoms with Crippen LogP contribution in [0.5, 0.6) is 5.88 Å². The molecule has 2 saturated heterocycles. The molecular weight excluding hydrogens is 557 g/mol. The zero-order valence-electron chi connectivity index (χ0n) is 24.3. The molecule has 14 heteroatoms. The lowest BCUT2D eigenvalue weighted by molar-refractivity contribution is -0.0298. The number of nitrogens with one attached hydrogen (secondary N) is 1. The van der Waals surface area contributed by atoms with Crippen LogP contribution in [-0.4, -0.2) is 90.4 Å². The number of pyridine rings is 2. The Kier molecular flexibility index (Phi) is 8.04. The third-order valence-corrected chi connectivity index (χ3v) is 8.04. The van der Waals surface area contributed by atoms with Crippen molar-refractivity contribution in [2.75, 3.05) is 45.2 Å². The third kappa shape index (κ3) is 5.79. The molecule has 13 nitrogen and oxygen atoms in total. The predicted molar refractivity (Wildman–Crippen MR) is 156 cm³/mol. The maximum Gasteiger partial charge on any atom is 0.407 e. The van der Waals surface area contributed by atoms with Gasteiger partial charge in [-0.15, -0.1) is 0 Å². The molecule has 0 aromatic carbocycles. The number of methoxy groups -OCH3 is 1. The van der Waals surface area contributed by atoms with Crippen molar-refractivity contribution in [3.8, 4) is 17.1 Å². The van der Waals surface area contributed by atoms with Crippen LogP contribution in [0.25, 0.3) is 22.4 Å². The Hall–Kier alpha value is -4.43. The molecule has 0 spiro atoms. The highest BCUT2D eigenvalue weighted by molar-refractivity contribution is 5.92. The average Bonchev–Trinajstić information content (AvgIpc) is 3.45. The smallest absolute Gasteiger partial charge is 0.407 e. The van der Waals surface area contributed by atoms with Gasteiger partial charge in [-0.1, -0.05) is 0 Å². The second kappa shape index (κ2) is 12.1. The Labute approximate surface area is 247 Å². The molecule has 6 heterocycles. The highest BCUT2D eigenvalue weighted by atomic mass is 19.1. The number of fused-ring (bicyclic) bond motifs is 1. The van der Waals surface area contributed by atoms with Gasteiger partial charge in [0.2, 0.25) is 5.88 Å². The maximum atomic E-state index is 14.5. The van der Waals surface area contributed by atoms with Crippen LogP contribution in [0.4, 0.5) is 20.7 Å². The van der Waals surface area contributed by atoms with Crippen LogP contribution in [0.15, 0.2) is 30.9 Å². The summed E-state index contributed by atoms with van der Waals surface area (Å²) in [4.78, 5) is 38.2. The van der Waals surface area contributed by atoms with Gasteiger partial charge in [0, 0.05) is 56.7 Å². The number of amides is 1. The summed E-state index contributed by atoms with van der Waals surface area (Å²) >= 11 is 0. The lowest BCUT2D eigenvalue weighted by atomic mass is 10.0. The molecule has 4 aromatic heterocycles. The number of carboxylic acid groups (broad SMARTS) is 1. The molecule has 2 aliphatic rings. The molecule has 0 bridgehead atoms. The summed E-state index contributed by atoms with van der Waals surface area (Å²) in [5.74, 6) is 0.299. The van der Waals surface area contributed by atoms with Crippen molar-refractivity contribution in [1.82, 2.24) is 39.3 Å². The Morgan fingerprint density at radius 3 is 2.65 bits per heavy atom. The van der Waals surface area contributed by atoms with E-state index in [1.807, 2.05) is 17.6 Å². The zero-order valence-corrected chi connectivity index (χ0v) is 24.3. The molecule has 2 aliphatic heterocycles. The van der Waals surface area contributed by atoms with E-state index in [0.29, 0.717) is 72.5 Å². The largest absolute Gasteiger partial charge is 0.479 e. The SMILES string of the molecule is COc1ncc(Nc2ncc([C@@H](C)N3CCN(C(=O)O)CC3)cc2-c2nc(C)nc3c2ncn3C2CCCCO2)cc1F. The lowest BCUT2D eigenvalue weighted by Crippen LogP contribution is -2.48. The number of halogens is 1. The number of aromatic nitrogens is 6. The highest BCUT2D eigenvalue weighted by Gasteiger charge is 2.27. The molecule has 0 radical (unpaired) electrons. The Bertz CT molecular complexity index is 1630. The number of hydrogen-bond donors (Lipinski definition) is 2. The van der Waals surface area contributed by atoms with Gasteiger partial charge in [-0.25, -0.2) is 34.1 Å². The number of ether oxygens (including phenoxy) is 2. The molecule has 1 unspecified atom stereocenters. The van der Waals surface area contributed by atoms with Crippen LogP contribution in [-0.2, 0) is 4.74 Å². The third-order valence-electron chi connectivity index (χ3n) is 8.04. The molecule has 2 N–H and O–H groups in total. The van der Waals surface area contributed by atoms with Gasteiger partial charge in [0.05, 0.1) is 25.3 Å². The molecule has 0 saturated carbocycles. The van der Waals surface area contributed by atoms with E-state index in [4.69, 9.17) is 29.4 Å². The standard InChI is InChI=1S/C29H34FN9O4/c1-17(37-7-9-38(10-8-37)29(40)41)19-12-21(26(31-14-19)36-20-13-22(30)28(42-3)32-15-20)24-25-27(35-18(2)34-24)39(16-33-25)23-6-4-5-11-43-23/h12-17,23H,4-11H2,1-3H3,(H,31,36)(H,40,41)/t17-,23?/m1/s1. The van der Waals surface area contributed by atoms with Gasteiger partial charge >= 0.3 is 6.09 Å². The quantitative estimate of drug-likeness (QED) is 0.313. The summed E-state index contributed by atoms with van der Waals surface area (Å²) in [6, 6.07) is 3.25. The van der Waals surface area contributed by atoms with E-state index in [9.17, 15) is 14.3 Å². The van der Waals surface area contributed by atoms with Crippen molar-refractivity contribution >= 4 is 28.8 Å². The fourth-order valence-electron chi connectivity index (χ4n) is 5.65. The number of nitrogens with zero attached hydrogens (tertiary/aromatic N) is 8. The molecule has 43 heavy (non-hydrogen) atoms. The molecule has 1 amide bonds. The summed E-state index contributed by atoms with van der Waals surface area (Å²) in [7, 11) is 1.36. The van der Waals surface area contributed by atoms with Crippen LogP contribution in [0, 0.1) is 12.7 Å². The second-order valence-electron chi connectivity index (χ2n) is 10.8. The summed E-state index contributed by atoms with van der Waals surface area (Å²) in [6.45, 7) is 6.66. The Balaban J connectivity index is 1.42. The minimum absolute atomic E-state index is 0.0528. The first-order valence-electron chi connectivity index (χ1n) is 14.3. The van der Waals surface area contributed by atoms with E-state index >= 15 is 0 Å². The van der Waals surface area contributed by atoms with Gasteiger partial charge in [0.25, 0.3) is 0 Å². The molecular formula is C29H34FN9O4. The van der Waals surface area contributed by atoms with E-state index in [0.717, 1.165) is 24.8 Å². The van der Waals surface area contributed by atoms with Crippen molar-refractivity contribution in [2.24, 2.45) is 0 Å².